The molecule has 6 heteroatoms. The van der Waals surface area contributed by atoms with Crippen molar-refractivity contribution in [1.82, 2.24) is 9.55 Å². The molecule has 0 amide bonds. The molecule has 94 valence electrons. The van der Waals surface area contributed by atoms with Crippen LogP contribution < -0.4 is 5.69 Å². The molecule has 18 heavy (non-hydrogen) atoms. The van der Waals surface area contributed by atoms with Crippen molar-refractivity contribution in [3.63, 3.8) is 0 Å². The van der Waals surface area contributed by atoms with Crippen LogP contribution in [0.5, 0.6) is 0 Å². The Morgan fingerprint density at radius 1 is 1.50 bits per heavy atom. The first-order chi connectivity index (χ1) is 8.66. The summed E-state index contributed by atoms with van der Waals surface area (Å²) in [5.74, 6) is 0.977. The molecule has 1 unspecified atom stereocenters. The van der Waals surface area contributed by atoms with E-state index in [1.54, 1.807) is 16.7 Å². The number of carbonyl (C=O) groups is 1. The second-order valence-electron chi connectivity index (χ2n) is 4.35. The van der Waals surface area contributed by atoms with Crippen LogP contribution in [0.2, 0.25) is 0 Å². The summed E-state index contributed by atoms with van der Waals surface area (Å²) in [6.07, 6.45) is 0.953. The third-order valence-corrected chi connectivity index (χ3v) is 4.38. The molecule has 1 saturated heterocycles. The van der Waals surface area contributed by atoms with Crippen LogP contribution in [0.25, 0.3) is 11.0 Å². The monoisotopic (exact) mass is 264 g/mol. The molecule has 0 spiro atoms. The number of nitrogens with one attached hydrogen (secondary N) is 1. The normalized spacial score (nSPS) is 19.4. The number of carboxylic acids is 1. The summed E-state index contributed by atoms with van der Waals surface area (Å²) in [6.45, 7) is 0. The van der Waals surface area contributed by atoms with E-state index in [1.807, 2.05) is 11.8 Å². The number of hydrogen-bond donors (Lipinski definition) is 2. The molecular weight excluding hydrogens is 252 g/mol. The molecule has 0 bridgehead atoms. The van der Waals surface area contributed by atoms with Crippen LogP contribution >= 0.6 is 11.8 Å². The molecule has 3 rings (SSSR count). The summed E-state index contributed by atoms with van der Waals surface area (Å²) in [4.78, 5) is 25.7. The number of aromatic carboxylic acids is 1. The predicted octanol–water partition coefficient (Wildman–Crippen LogP) is 1.71. The van der Waals surface area contributed by atoms with Crippen molar-refractivity contribution < 1.29 is 9.90 Å². The summed E-state index contributed by atoms with van der Waals surface area (Å²) < 4.78 is 1.70. The van der Waals surface area contributed by atoms with E-state index in [0.717, 1.165) is 17.9 Å². The summed E-state index contributed by atoms with van der Waals surface area (Å²) in [7, 11) is 0. The lowest BCUT2D eigenvalue weighted by Gasteiger charge is -2.10. The number of thioether (sulfide) groups is 1. The Hall–Kier alpha value is -1.69. The molecule has 2 aromatic rings. The van der Waals surface area contributed by atoms with Gasteiger partial charge in [-0.2, -0.15) is 11.8 Å². The molecule has 0 radical (unpaired) electrons. The highest BCUT2D eigenvalue weighted by atomic mass is 32.2. The number of hydrogen-bond acceptors (Lipinski definition) is 3. The van der Waals surface area contributed by atoms with Gasteiger partial charge in [-0.15, -0.1) is 0 Å². The Morgan fingerprint density at radius 3 is 3.00 bits per heavy atom. The predicted molar refractivity (Wildman–Crippen MR) is 70.5 cm³/mol. The van der Waals surface area contributed by atoms with Gasteiger partial charge >= 0.3 is 11.7 Å². The van der Waals surface area contributed by atoms with Gasteiger partial charge in [-0.05, 0) is 30.4 Å². The molecule has 1 atom stereocenters. The van der Waals surface area contributed by atoms with Gasteiger partial charge in [0.15, 0.2) is 0 Å². The molecule has 1 fully saturated rings. The Labute approximate surface area is 107 Å². The fourth-order valence-corrected chi connectivity index (χ4v) is 3.54. The molecule has 2 N–H and O–H groups in total. The molecule has 1 aliphatic heterocycles. The van der Waals surface area contributed by atoms with Crippen LogP contribution in [0.15, 0.2) is 23.0 Å². The lowest BCUT2D eigenvalue weighted by molar-refractivity contribution is 0.0697. The zero-order valence-electron chi connectivity index (χ0n) is 9.55. The van der Waals surface area contributed by atoms with Gasteiger partial charge in [0.05, 0.1) is 16.6 Å². The van der Waals surface area contributed by atoms with Crippen LogP contribution in [-0.4, -0.2) is 32.1 Å². The SMILES string of the molecule is O=C(O)c1ccc2[nH]c(=O)n(C3CCSC3)c2c1. The van der Waals surface area contributed by atoms with Crippen LogP contribution in [0.1, 0.15) is 22.8 Å². The number of imidazole rings is 1. The highest BCUT2D eigenvalue weighted by Crippen LogP contribution is 2.29. The smallest absolute Gasteiger partial charge is 0.335 e. The molecule has 0 saturated carbocycles. The quantitative estimate of drug-likeness (QED) is 0.865. The van der Waals surface area contributed by atoms with Gasteiger partial charge in [0, 0.05) is 11.8 Å². The highest BCUT2D eigenvalue weighted by Gasteiger charge is 2.22. The van der Waals surface area contributed by atoms with Crippen molar-refractivity contribution in [2.24, 2.45) is 0 Å². The third kappa shape index (κ3) is 1.73. The lowest BCUT2D eigenvalue weighted by atomic mass is 10.2. The van der Waals surface area contributed by atoms with Crippen molar-refractivity contribution in [2.75, 3.05) is 11.5 Å². The third-order valence-electron chi connectivity index (χ3n) is 3.24. The van der Waals surface area contributed by atoms with Gasteiger partial charge < -0.3 is 10.1 Å². The first-order valence-electron chi connectivity index (χ1n) is 5.72. The van der Waals surface area contributed by atoms with Crippen molar-refractivity contribution in [3.8, 4) is 0 Å². The number of H-pyrrole nitrogens is 1. The summed E-state index contributed by atoms with van der Waals surface area (Å²) in [5, 5.41) is 9.01. The molecule has 1 aromatic heterocycles. The maximum Gasteiger partial charge on any atom is 0.335 e. The number of nitrogens with zero attached hydrogens (tertiary/aromatic N) is 1. The molecule has 1 aromatic carbocycles. The highest BCUT2D eigenvalue weighted by molar-refractivity contribution is 7.99. The van der Waals surface area contributed by atoms with Crippen molar-refractivity contribution in [3.05, 3.63) is 34.2 Å². The number of carboxylic acid groups (broad SMARTS) is 1. The van der Waals surface area contributed by atoms with E-state index in [1.165, 1.54) is 6.07 Å². The van der Waals surface area contributed by atoms with Gasteiger partial charge in [-0.3, -0.25) is 4.57 Å². The Balaban J connectivity index is 2.22. The standard InChI is InChI=1S/C12H12N2O3S/c15-11(16)7-1-2-9-10(5-7)14(12(17)13-9)8-3-4-18-6-8/h1-2,5,8H,3-4,6H2,(H,13,17)(H,15,16). The van der Waals surface area contributed by atoms with Gasteiger partial charge in [-0.25, -0.2) is 9.59 Å². The summed E-state index contributed by atoms with van der Waals surface area (Å²) >= 11 is 1.82. The van der Waals surface area contributed by atoms with Gasteiger partial charge in [0.25, 0.3) is 0 Å². The molecule has 0 aliphatic carbocycles. The van der Waals surface area contributed by atoms with E-state index in [-0.39, 0.29) is 17.3 Å². The fourth-order valence-electron chi connectivity index (χ4n) is 2.34. The molecule has 1 aliphatic rings. The summed E-state index contributed by atoms with van der Waals surface area (Å²) in [5.41, 5.74) is 1.44. The largest absolute Gasteiger partial charge is 0.478 e. The lowest BCUT2D eigenvalue weighted by Crippen LogP contribution is -2.22. The van der Waals surface area contributed by atoms with Crippen LogP contribution in [0, 0.1) is 0 Å². The topological polar surface area (TPSA) is 75.1 Å². The Morgan fingerprint density at radius 2 is 2.33 bits per heavy atom. The maximum atomic E-state index is 12.0. The van der Waals surface area contributed by atoms with E-state index in [9.17, 15) is 9.59 Å². The average Bonchev–Trinajstić information content (AvgIpc) is 2.93. The zero-order chi connectivity index (χ0) is 12.7. The van der Waals surface area contributed by atoms with E-state index in [0.29, 0.717) is 11.0 Å². The first kappa shape index (κ1) is 11.4. The molecule has 2 heterocycles. The second-order valence-corrected chi connectivity index (χ2v) is 5.50. The van der Waals surface area contributed by atoms with Crippen LogP contribution in [-0.2, 0) is 0 Å². The summed E-state index contributed by atoms with van der Waals surface area (Å²) in [6, 6.07) is 4.89. The van der Waals surface area contributed by atoms with E-state index < -0.39 is 5.97 Å². The van der Waals surface area contributed by atoms with Crippen molar-refractivity contribution in [1.29, 1.82) is 0 Å². The van der Waals surface area contributed by atoms with Crippen molar-refractivity contribution in [2.45, 2.75) is 12.5 Å². The number of rotatable bonds is 2. The Bertz CT molecular complexity index is 668. The molecule has 5 nitrogen and oxygen atoms in total. The van der Waals surface area contributed by atoms with E-state index in [4.69, 9.17) is 5.11 Å². The average molecular weight is 264 g/mol. The minimum Gasteiger partial charge on any atom is -0.478 e. The number of aromatic amines is 1. The van der Waals surface area contributed by atoms with Crippen LogP contribution in [0.4, 0.5) is 0 Å². The minimum absolute atomic E-state index is 0.153. The zero-order valence-corrected chi connectivity index (χ0v) is 10.4. The number of benzene rings is 1. The van der Waals surface area contributed by atoms with Gasteiger partial charge in [0.2, 0.25) is 0 Å². The minimum atomic E-state index is -0.974. The van der Waals surface area contributed by atoms with E-state index in [2.05, 4.69) is 4.98 Å². The maximum absolute atomic E-state index is 12.0. The van der Waals surface area contributed by atoms with Crippen LogP contribution in [0.3, 0.4) is 0 Å². The van der Waals surface area contributed by atoms with E-state index >= 15 is 0 Å². The fraction of sp³-hybridized carbons (Fsp3) is 0.333. The van der Waals surface area contributed by atoms with Gasteiger partial charge in [-0.1, -0.05) is 0 Å². The molecular formula is C12H12N2O3S. The van der Waals surface area contributed by atoms with Gasteiger partial charge in [0.1, 0.15) is 0 Å². The first-order valence-corrected chi connectivity index (χ1v) is 6.87. The Kier molecular flexibility index (Phi) is 2.66. The number of aromatic nitrogens is 2. The van der Waals surface area contributed by atoms with Crippen molar-refractivity contribution >= 4 is 28.8 Å². The number of fused-ring (bicyclic) bond motifs is 1. The second kappa shape index (κ2) is 4.20.